The predicted octanol–water partition coefficient (Wildman–Crippen LogP) is 3.11. The SMILES string of the molecule is CCNC(=NCc1cccc(OCCN(C)C)c1)NCc1nc(C)c(C)o1.I. The van der Waals surface area contributed by atoms with E-state index in [2.05, 4.69) is 25.5 Å². The first kappa shape index (κ1) is 24.2. The van der Waals surface area contributed by atoms with Gasteiger partial charge in [-0.05, 0) is 52.6 Å². The van der Waals surface area contributed by atoms with E-state index in [1.54, 1.807) is 0 Å². The van der Waals surface area contributed by atoms with Gasteiger partial charge in [-0.25, -0.2) is 9.98 Å². The normalized spacial score (nSPS) is 11.3. The number of benzene rings is 1. The maximum Gasteiger partial charge on any atom is 0.214 e. The summed E-state index contributed by atoms with van der Waals surface area (Å²) in [6.45, 7) is 9.28. The highest BCUT2D eigenvalue weighted by atomic mass is 127. The number of aromatic nitrogens is 1. The van der Waals surface area contributed by atoms with Crippen LogP contribution in [0.15, 0.2) is 33.7 Å². The Balaban J connectivity index is 0.00000392. The molecule has 0 radical (unpaired) electrons. The molecule has 0 saturated carbocycles. The number of hydrogen-bond acceptors (Lipinski definition) is 5. The van der Waals surface area contributed by atoms with Gasteiger partial charge in [-0.2, -0.15) is 0 Å². The molecule has 0 aliphatic carbocycles. The minimum absolute atomic E-state index is 0. The number of ether oxygens (including phenoxy) is 1. The van der Waals surface area contributed by atoms with E-state index in [1.807, 2.05) is 59.1 Å². The molecule has 2 N–H and O–H groups in total. The van der Waals surface area contributed by atoms with Gasteiger partial charge in [0.1, 0.15) is 18.1 Å². The second-order valence-electron chi connectivity index (χ2n) is 6.60. The molecule has 0 atom stereocenters. The molecule has 1 aromatic carbocycles. The zero-order valence-electron chi connectivity index (χ0n) is 17.4. The Morgan fingerprint density at radius 3 is 2.68 bits per heavy atom. The molecular formula is C20H32IN5O2. The summed E-state index contributed by atoms with van der Waals surface area (Å²) in [4.78, 5) is 11.1. The maximum atomic E-state index is 5.79. The third-order valence-corrected chi connectivity index (χ3v) is 3.95. The van der Waals surface area contributed by atoms with E-state index in [0.29, 0.717) is 25.6 Å². The van der Waals surface area contributed by atoms with Crippen LogP contribution in [0, 0.1) is 13.8 Å². The number of guanidine groups is 1. The summed E-state index contributed by atoms with van der Waals surface area (Å²) in [5.41, 5.74) is 2.01. The van der Waals surface area contributed by atoms with Crippen LogP contribution < -0.4 is 15.4 Å². The predicted molar refractivity (Wildman–Crippen MR) is 124 cm³/mol. The molecule has 0 aliphatic rings. The van der Waals surface area contributed by atoms with Crippen molar-refractivity contribution in [2.45, 2.75) is 33.9 Å². The Bertz CT molecular complexity index is 726. The third-order valence-electron chi connectivity index (χ3n) is 3.95. The summed E-state index contributed by atoms with van der Waals surface area (Å²) in [7, 11) is 4.06. The summed E-state index contributed by atoms with van der Waals surface area (Å²) in [5, 5.41) is 6.49. The van der Waals surface area contributed by atoms with Crippen molar-refractivity contribution in [3.63, 3.8) is 0 Å². The highest BCUT2D eigenvalue weighted by Gasteiger charge is 2.06. The van der Waals surface area contributed by atoms with Crippen LogP contribution in [0.3, 0.4) is 0 Å². The molecule has 0 spiro atoms. The zero-order chi connectivity index (χ0) is 19.6. The molecule has 0 fully saturated rings. The Hall–Kier alpha value is -1.81. The van der Waals surface area contributed by atoms with Crippen LogP contribution in [0.1, 0.15) is 29.8 Å². The number of oxazole rings is 1. The second kappa shape index (κ2) is 12.6. The fourth-order valence-corrected chi connectivity index (χ4v) is 2.37. The van der Waals surface area contributed by atoms with Crippen molar-refractivity contribution in [2.75, 3.05) is 33.8 Å². The molecule has 0 saturated heterocycles. The van der Waals surface area contributed by atoms with Crippen LogP contribution in [0.25, 0.3) is 0 Å². The molecule has 1 aromatic heterocycles. The van der Waals surface area contributed by atoms with Gasteiger partial charge >= 0.3 is 0 Å². The van der Waals surface area contributed by atoms with Crippen molar-refractivity contribution in [2.24, 2.45) is 4.99 Å². The molecule has 28 heavy (non-hydrogen) atoms. The van der Waals surface area contributed by atoms with E-state index in [-0.39, 0.29) is 24.0 Å². The number of nitrogens with zero attached hydrogens (tertiary/aromatic N) is 3. The van der Waals surface area contributed by atoms with E-state index >= 15 is 0 Å². The van der Waals surface area contributed by atoms with Crippen molar-refractivity contribution in [3.05, 3.63) is 47.2 Å². The molecule has 0 amide bonds. The molecule has 8 heteroatoms. The number of likely N-dealkylation sites (N-methyl/N-ethyl adjacent to an activating group) is 1. The lowest BCUT2D eigenvalue weighted by Gasteiger charge is -2.12. The van der Waals surface area contributed by atoms with Gasteiger partial charge in [-0.15, -0.1) is 24.0 Å². The van der Waals surface area contributed by atoms with E-state index < -0.39 is 0 Å². The van der Waals surface area contributed by atoms with E-state index in [0.717, 1.165) is 41.8 Å². The zero-order valence-corrected chi connectivity index (χ0v) is 19.7. The maximum absolute atomic E-state index is 5.79. The van der Waals surface area contributed by atoms with Gasteiger partial charge in [0, 0.05) is 13.1 Å². The van der Waals surface area contributed by atoms with Crippen LogP contribution >= 0.6 is 24.0 Å². The van der Waals surface area contributed by atoms with E-state index in [9.17, 15) is 0 Å². The minimum Gasteiger partial charge on any atom is -0.492 e. The van der Waals surface area contributed by atoms with Gasteiger partial charge in [-0.3, -0.25) is 0 Å². The highest BCUT2D eigenvalue weighted by Crippen LogP contribution is 2.14. The van der Waals surface area contributed by atoms with Gasteiger partial charge in [0.05, 0.1) is 18.8 Å². The van der Waals surface area contributed by atoms with Crippen molar-refractivity contribution >= 4 is 29.9 Å². The van der Waals surface area contributed by atoms with Crippen molar-refractivity contribution in [1.82, 2.24) is 20.5 Å². The summed E-state index contributed by atoms with van der Waals surface area (Å²) in [6, 6.07) is 8.05. The monoisotopic (exact) mass is 501 g/mol. The first-order valence-corrected chi connectivity index (χ1v) is 9.29. The molecule has 156 valence electrons. The Morgan fingerprint density at radius 1 is 1.25 bits per heavy atom. The standard InChI is InChI=1S/C20H31N5O2.HI/c1-6-21-20(23-14-19-24-15(2)16(3)27-19)22-13-17-8-7-9-18(12-17)26-11-10-25(4)5;/h7-9,12H,6,10-11,13-14H2,1-5H3,(H2,21,22,23);1H. The minimum atomic E-state index is 0. The van der Waals surface area contributed by atoms with Gasteiger partial charge < -0.3 is 24.7 Å². The Kier molecular flexibility index (Phi) is 10.9. The molecular weight excluding hydrogens is 469 g/mol. The van der Waals surface area contributed by atoms with Crippen LogP contribution in [-0.4, -0.2) is 49.6 Å². The average Bonchev–Trinajstić information content (AvgIpc) is 2.95. The summed E-state index contributed by atoms with van der Waals surface area (Å²) < 4.78 is 11.4. The van der Waals surface area contributed by atoms with Gasteiger partial charge in [0.25, 0.3) is 0 Å². The number of halogens is 1. The fourth-order valence-electron chi connectivity index (χ4n) is 2.37. The Morgan fingerprint density at radius 2 is 2.04 bits per heavy atom. The van der Waals surface area contributed by atoms with Gasteiger partial charge in [-0.1, -0.05) is 12.1 Å². The lowest BCUT2D eigenvalue weighted by Crippen LogP contribution is -2.36. The first-order chi connectivity index (χ1) is 13.0. The summed E-state index contributed by atoms with van der Waals surface area (Å²) in [6.07, 6.45) is 0. The smallest absolute Gasteiger partial charge is 0.214 e. The van der Waals surface area contributed by atoms with Crippen molar-refractivity contribution in [1.29, 1.82) is 0 Å². The number of aliphatic imine (C=N–C) groups is 1. The summed E-state index contributed by atoms with van der Waals surface area (Å²) >= 11 is 0. The first-order valence-electron chi connectivity index (χ1n) is 9.29. The van der Waals surface area contributed by atoms with Gasteiger partial charge in [0.2, 0.25) is 5.89 Å². The lowest BCUT2D eigenvalue weighted by molar-refractivity contribution is 0.261. The third kappa shape index (κ3) is 8.47. The molecule has 0 bridgehead atoms. The van der Waals surface area contributed by atoms with E-state index in [4.69, 9.17) is 9.15 Å². The average molecular weight is 501 g/mol. The molecule has 0 unspecified atom stereocenters. The quantitative estimate of drug-likeness (QED) is 0.313. The Labute approximate surface area is 185 Å². The van der Waals surface area contributed by atoms with Crippen molar-refractivity contribution < 1.29 is 9.15 Å². The lowest BCUT2D eigenvalue weighted by atomic mass is 10.2. The number of rotatable bonds is 9. The van der Waals surface area contributed by atoms with Crippen LogP contribution in [0.2, 0.25) is 0 Å². The number of aryl methyl sites for hydroxylation is 2. The second-order valence-corrected chi connectivity index (χ2v) is 6.60. The molecule has 2 rings (SSSR count). The molecule has 7 nitrogen and oxygen atoms in total. The molecule has 2 aromatic rings. The van der Waals surface area contributed by atoms with Crippen molar-refractivity contribution in [3.8, 4) is 5.75 Å². The number of hydrogen-bond donors (Lipinski definition) is 2. The van der Waals surface area contributed by atoms with Gasteiger partial charge in [0.15, 0.2) is 5.96 Å². The molecule has 0 aliphatic heterocycles. The van der Waals surface area contributed by atoms with Crippen LogP contribution in [0.4, 0.5) is 0 Å². The van der Waals surface area contributed by atoms with Crippen LogP contribution in [-0.2, 0) is 13.1 Å². The topological polar surface area (TPSA) is 74.9 Å². The molecule has 1 heterocycles. The number of nitrogens with one attached hydrogen (secondary N) is 2. The fraction of sp³-hybridized carbons (Fsp3) is 0.500. The highest BCUT2D eigenvalue weighted by molar-refractivity contribution is 14.0. The summed E-state index contributed by atoms with van der Waals surface area (Å²) in [5.74, 6) is 3.10. The largest absolute Gasteiger partial charge is 0.492 e. The van der Waals surface area contributed by atoms with Crippen LogP contribution in [0.5, 0.6) is 5.75 Å². The van der Waals surface area contributed by atoms with E-state index in [1.165, 1.54) is 0 Å².